The van der Waals surface area contributed by atoms with Gasteiger partial charge < -0.3 is 23.4 Å². The van der Waals surface area contributed by atoms with Crippen molar-refractivity contribution in [3.8, 4) is 0 Å². The molecule has 2 saturated heterocycles. The molecular weight excluding hydrogens is 294 g/mol. The molecule has 0 aliphatic carbocycles. The van der Waals surface area contributed by atoms with Gasteiger partial charge in [-0.2, -0.15) is 0 Å². The van der Waals surface area contributed by atoms with Crippen molar-refractivity contribution in [2.75, 3.05) is 7.11 Å². The van der Waals surface area contributed by atoms with E-state index in [2.05, 4.69) is 0 Å². The highest BCUT2D eigenvalue weighted by molar-refractivity contribution is 6.59. The Morgan fingerprint density at radius 3 is 1.57 bits per heavy atom. The summed E-state index contributed by atoms with van der Waals surface area (Å²) >= 11 is 0. The number of allylic oxidation sites excluding steroid dienone is 1. The highest BCUT2D eigenvalue weighted by Crippen LogP contribution is 2.42. The Labute approximate surface area is 141 Å². The van der Waals surface area contributed by atoms with E-state index in [1.54, 1.807) is 13.4 Å². The maximum absolute atomic E-state index is 6.11. The summed E-state index contributed by atoms with van der Waals surface area (Å²) in [4.78, 5) is 0. The molecule has 0 radical (unpaired) electrons. The highest BCUT2D eigenvalue weighted by Gasteiger charge is 2.55. The van der Waals surface area contributed by atoms with Crippen molar-refractivity contribution in [2.45, 2.75) is 84.1 Å². The van der Waals surface area contributed by atoms with E-state index in [1.165, 1.54) is 0 Å². The molecule has 2 aliphatic rings. The normalized spacial score (nSPS) is 28.3. The summed E-state index contributed by atoms with van der Waals surface area (Å²) in [5, 5.41) is 0. The van der Waals surface area contributed by atoms with E-state index in [4.69, 9.17) is 23.4 Å². The molecule has 0 spiro atoms. The fraction of sp³-hybridized carbons (Fsp3) is 0.875. The van der Waals surface area contributed by atoms with E-state index in [0.717, 1.165) is 5.47 Å². The molecule has 2 heterocycles. The van der Waals surface area contributed by atoms with Gasteiger partial charge in [-0.15, -0.1) is 0 Å². The van der Waals surface area contributed by atoms with E-state index < -0.39 is 7.12 Å². The van der Waals surface area contributed by atoms with Crippen molar-refractivity contribution in [2.24, 2.45) is 0 Å². The highest BCUT2D eigenvalue weighted by atomic mass is 16.7. The summed E-state index contributed by atoms with van der Waals surface area (Å²) in [7, 11) is 0.814. The van der Waals surface area contributed by atoms with Gasteiger partial charge in [0.05, 0.1) is 35.8 Å². The molecule has 0 N–H and O–H groups in total. The predicted molar refractivity (Wildman–Crippen MR) is 92.1 cm³/mol. The van der Waals surface area contributed by atoms with Crippen LogP contribution in [0.3, 0.4) is 0 Å². The lowest BCUT2D eigenvalue weighted by Crippen LogP contribution is -2.41. The standard InChI is InChI=1S/C16H30B2O5/c1-13(2)14(3,4)21-17(20-13)10-12(11-19-9)18-22-15(5,6)16(7,8)23-18/h11H,10H2,1-9H3/b12-11+. The number of hydrogen-bond donors (Lipinski definition) is 0. The summed E-state index contributed by atoms with van der Waals surface area (Å²) in [5.41, 5.74) is -0.608. The summed E-state index contributed by atoms with van der Waals surface area (Å²) in [6.45, 7) is 16.3. The minimum absolute atomic E-state index is 0.347. The Morgan fingerprint density at radius 1 is 0.783 bits per heavy atom. The van der Waals surface area contributed by atoms with Gasteiger partial charge in [0.2, 0.25) is 0 Å². The van der Waals surface area contributed by atoms with E-state index in [0.29, 0.717) is 6.32 Å². The van der Waals surface area contributed by atoms with Crippen LogP contribution in [0.2, 0.25) is 6.32 Å². The van der Waals surface area contributed by atoms with Crippen LogP contribution in [0.4, 0.5) is 0 Å². The zero-order valence-corrected chi connectivity index (χ0v) is 16.0. The largest absolute Gasteiger partial charge is 0.505 e. The van der Waals surface area contributed by atoms with Crippen LogP contribution in [0.25, 0.3) is 0 Å². The fourth-order valence-electron chi connectivity index (χ4n) is 2.59. The first-order valence-corrected chi connectivity index (χ1v) is 8.24. The Morgan fingerprint density at radius 2 is 1.17 bits per heavy atom. The van der Waals surface area contributed by atoms with Crippen LogP contribution in [0.15, 0.2) is 11.7 Å². The third kappa shape index (κ3) is 3.48. The van der Waals surface area contributed by atoms with E-state index >= 15 is 0 Å². The molecule has 0 amide bonds. The van der Waals surface area contributed by atoms with E-state index in [9.17, 15) is 0 Å². The molecule has 0 aromatic heterocycles. The molecule has 0 aromatic rings. The first-order valence-electron chi connectivity index (χ1n) is 8.24. The number of rotatable bonds is 4. The maximum atomic E-state index is 6.11. The van der Waals surface area contributed by atoms with Crippen LogP contribution in [0, 0.1) is 0 Å². The zero-order chi connectivity index (χ0) is 17.7. The quantitative estimate of drug-likeness (QED) is 0.587. The van der Waals surface area contributed by atoms with Gasteiger partial charge in [0.1, 0.15) is 0 Å². The Balaban J connectivity index is 2.12. The molecule has 2 rings (SSSR count). The molecule has 5 nitrogen and oxygen atoms in total. The SMILES string of the molecule is CO/C=C(\CB1OC(C)(C)C(C)(C)O1)B1OC(C)(C)C(C)(C)O1. The number of hydrogen-bond acceptors (Lipinski definition) is 5. The third-order valence-electron chi connectivity index (χ3n) is 5.53. The molecule has 0 unspecified atom stereocenters. The van der Waals surface area contributed by atoms with Crippen molar-refractivity contribution in [3.63, 3.8) is 0 Å². The second kappa shape index (κ2) is 5.80. The number of ether oxygens (including phenoxy) is 1. The Bertz CT molecular complexity index is 453. The van der Waals surface area contributed by atoms with Gasteiger partial charge >= 0.3 is 14.2 Å². The van der Waals surface area contributed by atoms with Crippen LogP contribution in [-0.2, 0) is 23.4 Å². The van der Waals surface area contributed by atoms with E-state index in [1.807, 2.05) is 55.4 Å². The summed E-state index contributed by atoms with van der Waals surface area (Å²) < 4.78 is 29.6. The fourth-order valence-corrected chi connectivity index (χ4v) is 2.59. The van der Waals surface area contributed by atoms with Gasteiger partial charge in [-0.1, -0.05) is 0 Å². The van der Waals surface area contributed by atoms with Gasteiger partial charge in [-0.05, 0) is 60.9 Å². The lowest BCUT2D eigenvalue weighted by molar-refractivity contribution is 0.00578. The zero-order valence-electron chi connectivity index (χ0n) is 16.0. The van der Waals surface area contributed by atoms with Crippen molar-refractivity contribution in [3.05, 3.63) is 11.7 Å². The third-order valence-corrected chi connectivity index (χ3v) is 5.53. The minimum atomic E-state index is -0.459. The molecule has 2 fully saturated rings. The molecule has 0 aromatic carbocycles. The predicted octanol–water partition coefficient (Wildman–Crippen LogP) is 3.24. The molecule has 0 atom stereocenters. The van der Waals surface area contributed by atoms with Crippen LogP contribution < -0.4 is 0 Å². The summed E-state index contributed by atoms with van der Waals surface area (Å²) in [5.74, 6) is 0. The topological polar surface area (TPSA) is 46.2 Å². The summed E-state index contributed by atoms with van der Waals surface area (Å²) in [6.07, 6.45) is 2.21. The lowest BCUT2D eigenvalue weighted by atomic mass is 9.66. The van der Waals surface area contributed by atoms with Gasteiger partial charge in [-0.3, -0.25) is 0 Å². The molecule has 0 bridgehead atoms. The van der Waals surface area contributed by atoms with Gasteiger partial charge in [0.15, 0.2) is 0 Å². The van der Waals surface area contributed by atoms with E-state index in [-0.39, 0.29) is 29.5 Å². The van der Waals surface area contributed by atoms with Crippen molar-refractivity contribution < 1.29 is 23.4 Å². The Hall–Kier alpha value is -0.490. The van der Waals surface area contributed by atoms with Crippen molar-refractivity contribution in [1.29, 1.82) is 0 Å². The lowest BCUT2D eigenvalue weighted by Gasteiger charge is -2.32. The second-order valence-corrected chi connectivity index (χ2v) is 8.41. The molecular formula is C16H30B2O5. The summed E-state index contributed by atoms with van der Waals surface area (Å²) in [6, 6.07) is 0. The van der Waals surface area contributed by atoms with Gasteiger partial charge in [-0.25, -0.2) is 0 Å². The number of methoxy groups -OCH3 is 1. The molecule has 7 heteroatoms. The first-order chi connectivity index (χ1) is 10.3. The molecule has 23 heavy (non-hydrogen) atoms. The van der Waals surface area contributed by atoms with Crippen LogP contribution >= 0.6 is 0 Å². The smallest absolute Gasteiger partial charge is 0.493 e. The average Bonchev–Trinajstić information content (AvgIpc) is 2.68. The second-order valence-electron chi connectivity index (χ2n) is 8.41. The van der Waals surface area contributed by atoms with Crippen molar-refractivity contribution >= 4 is 14.2 Å². The Kier molecular flexibility index (Phi) is 4.75. The van der Waals surface area contributed by atoms with Crippen molar-refractivity contribution in [1.82, 2.24) is 0 Å². The van der Waals surface area contributed by atoms with Gasteiger partial charge in [0, 0.05) is 6.32 Å². The van der Waals surface area contributed by atoms with Crippen LogP contribution in [0.5, 0.6) is 0 Å². The van der Waals surface area contributed by atoms with Crippen LogP contribution in [-0.4, -0.2) is 43.8 Å². The monoisotopic (exact) mass is 324 g/mol. The first kappa shape index (κ1) is 18.8. The molecule has 0 saturated carbocycles. The molecule has 130 valence electrons. The minimum Gasteiger partial charge on any atom is -0.505 e. The average molecular weight is 324 g/mol. The van der Waals surface area contributed by atoms with Gasteiger partial charge in [0.25, 0.3) is 0 Å². The molecule has 2 aliphatic heterocycles. The van der Waals surface area contributed by atoms with Crippen LogP contribution in [0.1, 0.15) is 55.4 Å². The maximum Gasteiger partial charge on any atom is 0.493 e.